The van der Waals surface area contributed by atoms with Gasteiger partial charge in [-0.05, 0) is 36.8 Å². The van der Waals surface area contributed by atoms with Crippen molar-refractivity contribution >= 4 is 39.2 Å². The van der Waals surface area contributed by atoms with Gasteiger partial charge < -0.3 is 9.64 Å². The predicted octanol–water partition coefficient (Wildman–Crippen LogP) is 3.16. The molecule has 2 aromatic rings. The van der Waals surface area contributed by atoms with Gasteiger partial charge in [0.25, 0.3) is 5.91 Å². The van der Waals surface area contributed by atoms with E-state index in [2.05, 4.69) is 6.92 Å². The van der Waals surface area contributed by atoms with Gasteiger partial charge in [-0.15, -0.1) is 11.8 Å². The molecule has 0 bridgehead atoms. The Balaban J connectivity index is 1.71. The van der Waals surface area contributed by atoms with Crippen molar-refractivity contribution < 1.29 is 22.7 Å². The Hall–Kier alpha value is -2.32. The number of esters is 1. The van der Waals surface area contributed by atoms with E-state index in [0.717, 1.165) is 23.3 Å². The van der Waals surface area contributed by atoms with Crippen LogP contribution in [0.1, 0.15) is 23.7 Å². The molecule has 0 N–H and O–H groups in total. The summed E-state index contributed by atoms with van der Waals surface area (Å²) in [5.41, 5.74) is 0.910. The summed E-state index contributed by atoms with van der Waals surface area (Å²) in [7, 11) is -3.44. The molecule has 148 valence electrons. The van der Waals surface area contributed by atoms with E-state index >= 15 is 0 Å². The van der Waals surface area contributed by atoms with Gasteiger partial charge in [-0.1, -0.05) is 25.1 Å². The van der Waals surface area contributed by atoms with Crippen molar-refractivity contribution in [3.8, 4) is 0 Å². The Morgan fingerprint density at radius 2 is 1.93 bits per heavy atom. The number of hydrogen-bond donors (Lipinski definition) is 0. The number of benzene rings is 2. The van der Waals surface area contributed by atoms with Gasteiger partial charge in [0, 0.05) is 22.9 Å². The van der Waals surface area contributed by atoms with Crippen molar-refractivity contribution in [1.29, 1.82) is 0 Å². The van der Waals surface area contributed by atoms with Gasteiger partial charge in [0.15, 0.2) is 16.4 Å². The lowest BCUT2D eigenvalue weighted by atomic mass is 10.2. The summed E-state index contributed by atoms with van der Waals surface area (Å²) < 4.78 is 28.4. The zero-order valence-corrected chi connectivity index (χ0v) is 17.3. The van der Waals surface area contributed by atoms with Crippen LogP contribution in [0.3, 0.4) is 0 Å². The maximum absolute atomic E-state index is 12.7. The third-order valence-electron chi connectivity index (χ3n) is 4.37. The predicted molar refractivity (Wildman–Crippen MR) is 109 cm³/mol. The van der Waals surface area contributed by atoms with E-state index in [1.165, 1.54) is 24.3 Å². The standard InChI is InChI=1S/C20H21NO5S2/c1-14-10-11-21(17-8-3-4-9-18(17)27-14)19(22)13-26-20(23)15-6-5-7-16(12-15)28(2,24)25/h3-9,12,14H,10-11,13H2,1-2H3. The second-order valence-corrected chi connectivity index (χ2v) is 10.1. The minimum atomic E-state index is -3.44. The van der Waals surface area contributed by atoms with Crippen LogP contribution in [0.25, 0.3) is 0 Å². The second-order valence-electron chi connectivity index (χ2n) is 6.61. The average molecular weight is 420 g/mol. The van der Waals surface area contributed by atoms with Crippen molar-refractivity contribution in [3.05, 3.63) is 54.1 Å². The number of carbonyl (C=O) groups excluding carboxylic acids is 2. The molecule has 1 amide bonds. The molecule has 1 heterocycles. The van der Waals surface area contributed by atoms with Crippen molar-refractivity contribution in [2.45, 2.75) is 28.4 Å². The lowest BCUT2D eigenvalue weighted by Crippen LogP contribution is -2.35. The van der Waals surface area contributed by atoms with E-state index in [1.54, 1.807) is 16.7 Å². The molecule has 0 saturated carbocycles. The van der Waals surface area contributed by atoms with E-state index in [-0.39, 0.29) is 16.4 Å². The number of amides is 1. The third-order valence-corrected chi connectivity index (χ3v) is 6.72. The fraction of sp³-hybridized carbons (Fsp3) is 0.300. The molecule has 0 aliphatic carbocycles. The summed E-state index contributed by atoms with van der Waals surface area (Å²) in [6, 6.07) is 13.3. The van der Waals surface area contributed by atoms with Gasteiger partial charge in [-0.2, -0.15) is 0 Å². The smallest absolute Gasteiger partial charge is 0.338 e. The molecule has 0 spiro atoms. The largest absolute Gasteiger partial charge is 0.452 e. The Labute approximate surface area is 168 Å². The molecule has 1 unspecified atom stereocenters. The number of nitrogens with zero attached hydrogens (tertiary/aromatic N) is 1. The van der Waals surface area contributed by atoms with Crippen LogP contribution in [0, 0.1) is 0 Å². The summed E-state index contributed by atoms with van der Waals surface area (Å²) >= 11 is 1.72. The summed E-state index contributed by atoms with van der Waals surface area (Å²) in [5, 5.41) is 0.375. The molecular weight excluding hydrogens is 398 g/mol. The van der Waals surface area contributed by atoms with Crippen LogP contribution >= 0.6 is 11.8 Å². The summed E-state index contributed by atoms with van der Waals surface area (Å²) in [4.78, 5) is 27.7. The quantitative estimate of drug-likeness (QED) is 0.708. The van der Waals surface area contributed by atoms with Crippen molar-refractivity contribution in [3.63, 3.8) is 0 Å². The zero-order chi connectivity index (χ0) is 20.3. The van der Waals surface area contributed by atoms with Gasteiger partial charge in [-0.25, -0.2) is 13.2 Å². The fourth-order valence-electron chi connectivity index (χ4n) is 2.89. The first kappa shape index (κ1) is 20.4. The Bertz CT molecular complexity index is 1000. The van der Waals surface area contributed by atoms with Crippen molar-refractivity contribution in [2.24, 2.45) is 0 Å². The summed E-state index contributed by atoms with van der Waals surface area (Å²) in [6.45, 7) is 2.25. The number of hydrogen-bond acceptors (Lipinski definition) is 6. The van der Waals surface area contributed by atoms with Crippen LogP contribution in [-0.4, -0.2) is 45.0 Å². The molecule has 3 rings (SSSR count). The minimum absolute atomic E-state index is 0.0285. The van der Waals surface area contributed by atoms with Crippen LogP contribution in [-0.2, 0) is 19.4 Å². The van der Waals surface area contributed by atoms with E-state index in [4.69, 9.17) is 4.74 Å². The van der Waals surface area contributed by atoms with Crippen molar-refractivity contribution in [2.75, 3.05) is 24.3 Å². The highest BCUT2D eigenvalue weighted by Gasteiger charge is 2.25. The average Bonchev–Trinajstić information content (AvgIpc) is 2.83. The molecule has 2 aromatic carbocycles. The van der Waals surface area contributed by atoms with E-state index in [9.17, 15) is 18.0 Å². The number of carbonyl (C=O) groups is 2. The summed E-state index contributed by atoms with van der Waals surface area (Å²) in [6.07, 6.45) is 1.90. The minimum Gasteiger partial charge on any atom is -0.452 e. The normalized spacial score (nSPS) is 16.8. The number of anilines is 1. The highest BCUT2D eigenvalue weighted by atomic mass is 32.2. The van der Waals surface area contributed by atoms with Crippen LogP contribution in [0.4, 0.5) is 5.69 Å². The van der Waals surface area contributed by atoms with Crippen LogP contribution in [0.5, 0.6) is 0 Å². The van der Waals surface area contributed by atoms with Crippen molar-refractivity contribution in [1.82, 2.24) is 0 Å². The molecule has 0 saturated heterocycles. The number of ether oxygens (including phenoxy) is 1. The number of para-hydroxylation sites is 1. The second kappa shape index (κ2) is 8.36. The molecule has 28 heavy (non-hydrogen) atoms. The van der Waals surface area contributed by atoms with Gasteiger partial charge in [0.1, 0.15) is 0 Å². The van der Waals surface area contributed by atoms with E-state index < -0.39 is 22.4 Å². The maximum atomic E-state index is 12.7. The molecule has 6 nitrogen and oxygen atoms in total. The van der Waals surface area contributed by atoms with E-state index in [0.29, 0.717) is 11.8 Å². The lowest BCUT2D eigenvalue weighted by molar-refractivity contribution is -0.121. The molecule has 1 aliphatic heterocycles. The molecule has 1 aliphatic rings. The number of rotatable bonds is 4. The van der Waals surface area contributed by atoms with Crippen LogP contribution in [0.2, 0.25) is 0 Å². The zero-order valence-electron chi connectivity index (χ0n) is 15.6. The molecule has 1 atom stereocenters. The molecule has 0 aromatic heterocycles. The highest BCUT2D eigenvalue weighted by Crippen LogP contribution is 2.37. The Morgan fingerprint density at radius 3 is 2.68 bits per heavy atom. The molecular formula is C20H21NO5S2. The first-order chi connectivity index (χ1) is 13.3. The third kappa shape index (κ3) is 4.74. The fourth-order valence-corrected chi connectivity index (χ4v) is 4.67. The van der Waals surface area contributed by atoms with Gasteiger partial charge in [0.05, 0.1) is 16.1 Å². The van der Waals surface area contributed by atoms with E-state index in [1.807, 2.05) is 24.3 Å². The van der Waals surface area contributed by atoms with Gasteiger partial charge in [0.2, 0.25) is 0 Å². The topological polar surface area (TPSA) is 80.8 Å². The first-order valence-corrected chi connectivity index (χ1v) is 11.6. The first-order valence-electron chi connectivity index (χ1n) is 8.79. The highest BCUT2D eigenvalue weighted by molar-refractivity contribution is 8.00. The summed E-state index contributed by atoms with van der Waals surface area (Å²) in [5.74, 6) is -1.04. The molecule has 0 fully saturated rings. The lowest BCUT2D eigenvalue weighted by Gasteiger charge is -2.22. The molecule has 0 radical (unpaired) electrons. The number of sulfone groups is 1. The molecule has 8 heteroatoms. The monoisotopic (exact) mass is 419 g/mol. The van der Waals surface area contributed by atoms with Gasteiger partial charge >= 0.3 is 5.97 Å². The van der Waals surface area contributed by atoms with Gasteiger partial charge in [-0.3, -0.25) is 4.79 Å². The Kier molecular flexibility index (Phi) is 6.10. The number of fused-ring (bicyclic) bond motifs is 1. The van der Waals surface area contributed by atoms with Crippen LogP contribution < -0.4 is 4.90 Å². The SMILES string of the molecule is CC1CCN(C(=O)COC(=O)c2cccc(S(C)(=O)=O)c2)c2ccccc2S1. The maximum Gasteiger partial charge on any atom is 0.338 e. The van der Waals surface area contributed by atoms with Crippen LogP contribution in [0.15, 0.2) is 58.3 Å². The Morgan fingerprint density at radius 1 is 1.18 bits per heavy atom. The number of thioether (sulfide) groups is 1.